The van der Waals surface area contributed by atoms with E-state index in [1.165, 1.54) is 0 Å². The Kier molecular flexibility index (Phi) is 3.07. The van der Waals surface area contributed by atoms with E-state index < -0.39 is 23.8 Å². The number of allylic oxidation sites excluding steroid dienone is 1. The van der Waals surface area contributed by atoms with Gasteiger partial charge in [-0.05, 0) is 12.1 Å². The van der Waals surface area contributed by atoms with Crippen molar-refractivity contribution in [2.45, 2.75) is 12.4 Å². The SMILES string of the molecule is FC(F)(F)C1=NCC(c2cc(C(F)(F)F)ncn2)=C1. The first-order valence-corrected chi connectivity index (χ1v) is 4.90. The monoisotopic (exact) mass is 281 g/mol. The molecule has 0 aromatic carbocycles. The lowest BCUT2D eigenvalue weighted by Gasteiger charge is -2.06. The number of aromatic nitrogens is 2. The quantitative estimate of drug-likeness (QED) is 0.742. The number of halogens is 6. The van der Waals surface area contributed by atoms with E-state index in [2.05, 4.69) is 15.0 Å². The Labute approximate surface area is 102 Å². The molecule has 0 fully saturated rings. The molecule has 9 heteroatoms. The number of alkyl halides is 6. The molecule has 0 saturated heterocycles. The summed E-state index contributed by atoms with van der Waals surface area (Å²) in [5.41, 5.74) is -2.58. The summed E-state index contributed by atoms with van der Waals surface area (Å²) < 4.78 is 74.2. The number of aliphatic imine (C=N–C) groups is 1. The van der Waals surface area contributed by atoms with E-state index in [1.807, 2.05) is 0 Å². The highest BCUT2D eigenvalue weighted by Crippen LogP contribution is 2.30. The lowest BCUT2D eigenvalue weighted by atomic mass is 10.1. The Morgan fingerprint density at radius 3 is 2.16 bits per heavy atom. The molecule has 0 radical (unpaired) electrons. The number of hydrogen-bond acceptors (Lipinski definition) is 3. The number of nitrogens with zero attached hydrogens (tertiary/aromatic N) is 3. The maximum Gasteiger partial charge on any atom is 0.433 e. The molecular formula is C10H5F6N3. The molecule has 1 aliphatic rings. The van der Waals surface area contributed by atoms with Gasteiger partial charge < -0.3 is 0 Å². The second-order valence-electron chi connectivity index (χ2n) is 3.66. The summed E-state index contributed by atoms with van der Waals surface area (Å²) in [6.45, 7) is -0.358. The second-order valence-corrected chi connectivity index (χ2v) is 3.66. The maximum atomic E-state index is 12.4. The average Bonchev–Trinajstić information content (AvgIpc) is 2.77. The highest BCUT2D eigenvalue weighted by atomic mass is 19.4. The van der Waals surface area contributed by atoms with Crippen LogP contribution in [0.1, 0.15) is 11.4 Å². The molecule has 0 spiro atoms. The number of hydrogen-bond donors (Lipinski definition) is 0. The van der Waals surface area contributed by atoms with Crippen LogP contribution in [0.15, 0.2) is 23.5 Å². The van der Waals surface area contributed by atoms with Crippen molar-refractivity contribution in [3.8, 4) is 0 Å². The van der Waals surface area contributed by atoms with Gasteiger partial charge in [-0.2, -0.15) is 26.3 Å². The van der Waals surface area contributed by atoms with Gasteiger partial charge in [-0.3, -0.25) is 4.99 Å². The van der Waals surface area contributed by atoms with Gasteiger partial charge in [0.1, 0.15) is 17.7 Å². The molecule has 2 rings (SSSR count). The molecule has 1 aliphatic heterocycles. The summed E-state index contributed by atoms with van der Waals surface area (Å²) in [7, 11) is 0. The molecule has 1 aromatic rings. The van der Waals surface area contributed by atoms with Crippen LogP contribution in [0.4, 0.5) is 26.3 Å². The summed E-state index contributed by atoms with van der Waals surface area (Å²) in [6.07, 6.45) is -7.96. The molecule has 1 aromatic heterocycles. The first-order valence-electron chi connectivity index (χ1n) is 4.90. The van der Waals surface area contributed by atoms with Gasteiger partial charge in [-0.25, -0.2) is 9.97 Å². The van der Waals surface area contributed by atoms with Crippen LogP contribution in [-0.4, -0.2) is 28.4 Å². The second kappa shape index (κ2) is 4.32. The van der Waals surface area contributed by atoms with Crippen LogP contribution in [0.5, 0.6) is 0 Å². The van der Waals surface area contributed by atoms with Crippen LogP contribution in [-0.2, 0) is 6.18 Å². The third-order valence-electron chi connectivity index (χ3n) is 2.31. The summed E-state index contributed by atoms with van der Waals surface area (Å²) >= 11 is 0. The van der Waals surface area contributed by atoms with Gasteiger partial charge in [0, 0.05) is 5.57 Å². The molecular weight excluding hydrogens is 276 g/mol. The zero-order chi connectivity index (χ0) is 14.3. The molecule has 0 N–H and O–H groups in total. The Bertz CT molecular complexity index is 555. The van der Waals surface area contributed by atoms with Crippen LogP contribution in [0, 0.1) is 0 Å². The Morgan fingerprint density at radius 2 is 1.63 bits per heavy atom. The summed E-state index contributed by atoms with van der Waals surface area (Å²) in [5.74, 6) is 0. The fraction of sp³-hybridized carbons (Fsp3) is 0.300. The van der Waals surface area contributed by atoms with Crippen molar-refractivity contribution >= 4 is 11.3 Å². The van der Waals surface area contributed by atoms with Gasteiger partial charge in [-0.15, -0.1) is 0 Å². The molecule has 3 nitrogen and oxygen atoms in total. The van der Waals surface area contributed by atoms with Crippen molar-refractivity contribution in [2.75, 3.05) is 6.54 Å². The largest absolute Gasteiger partial charge is 0.433 e. The van der Waals surface area contributed by atoms with Crippen molar-refractivity contribution in [1.29, 1.82) is 0 Å². The smallest absolute Gasteiger partial charge is 0.276 e. The van der Waals surface area contributed by atoms with E-state index in [-0.39, 0.29) is 17.8 Å². The van der Waals surface area contributed by atoms with Gasteiger partial charge in [-0.1, -0.05) is 0 Å². The van der Waals surface area contributed by atoms with Crippen LogP contribution in [0.2, 0.25) is 0 Å². The molecule has 0 bridgehead atoms. The van der Waals surface area contributed by atoms with Crippen molar-refractivity contribution in [1.82, 2.24) is 9.97 Å². The van der Waals surface area contributed by atoms with Gasteiger partial charge in [0.25, 0.3) is 0 Å². The molecule has 0 saturated carbocycles. The van der Waals surface area contributed by atoms with E-state index in [0.29, 0.717) is 18.5 Å². The van der Waals surface area contributed by atoms with E-state index in [4.69, 9.17) is 0 Å². The van der Waals surface area contributed by atoms with Crippen LogP contribution in [0.25, 0.3) is 5.57 Å². The van der Waals surface area contributed by atoms with Gasteiger partial charge >= 0.3 is 12.4 Å². The van der Waals surface area contributed by atoms with E-state index >= 15 is 0 Å². The predicted molar refractivity (Wildman–Crippen MR) is 53.4 cm³/mol. The first-order chi connectivity index (χ1) is 8.68. The Hall–Kier alpha value is -1.93. The van der Waals surface area contributed by atoms with Crippen molar-refractivity contribution in [2.24, 2.45) is 4.99 Å². The van der Waals surface area contributed by atoms with E-state index in [0.717, 1.165) is 0 Å². The van der Waals surface area contributed by atoms with Crippen LogP contribution in [0.3, 0.4) is 0 Å². The molecule has 102 valence electrons. The molecule has 0 atom stereocenters. The van der Waals surface area contributed by atoms with Crippen molar-refractivity contribution < 1.29 is 26.3 Å². The molecule has 19 heavy (non-hydrogen) atoms. The highest BCUT2D eigenvalue weighted by Gasteiger charge is 2.37. The lowest BCUT2D eigenvalue weighted by Crippen LogP contribution is -2.19. The maximum absolute atomic E-state index is 12.4. The molecule has 0 amide bonds. The standard InChI is InChI=1S/C10H5F6N3/c11-9(12,13)7-1-5(3-17-7)6-2-8(10(14,15)16)19-4-18-6/h1-2,4H,3H2. The van der Waals surface area contributed by atoms with Crippen LogP contribution >= 0.6 is 0 Å². The minimum Gasteiger partial charge on any atom is -0.276 e. The van der Waals surface area contributed by atoms with Crippen molar-refractivity contribution in [3.05, 3.63) is 29.9 Å². The Morgan fingerprint density at radius 1 is 0.947 bits per heavy atom. The average molecular weight is 281 g/mol. The molecule has 0 unspecified atom stereocenters. The summed E-state index contributed by atoms with van der Waals surface area (Å²) in [6, 6.07) is 0.598. The van der Waals surface area contributed by atoms with E-state index in [1.54, 1.807) is 0 Å². The van der Waals surface area contributed by atoms with Gasteiger partial charge in [0.05, 0.1) is 12.2 Å². The van der Waals surface area contributed by atoms with Gasteiger partial charge in [0.2, 0.25) is 0 Å². The summed E-state index contributed by atoms with van der Waals surface area (Å²) in [4.78, 5) is 9.77. The predicted octanol–water partition coefficient (Wildman–Crippen LogP) is 2.90. The third kappa shape index (κ3) is 2.91. The lowest BCUT2D eigenvalue weighted by molar-refractivity contribution is -0.141. The fourth-order valence-corrected chi connectivity index (χ4v) is 1.44. The zero-order valence-corrected chi connectivity index (χ0v) is 9.05. The van der Waals surface area contributed by atoms with Crippen molar-refractivity contribution in [3.63, 3.8) is 0 Å². The highest BCUT2D eigenvalue weighted by molar-refractivity contribution is 6.07. The van der Waals surface area contributed by atoms with E-state index in [9.17, 15) is 26.3 Å². The summed E-state index contributed by atoms with van der Waals surface area (Å²) in [5, 5.41) is 0. The van der Waals surface area contributed by atoms with Crippen LogP contribution < -0.4 is 0 Å². The molecule has 2 heterocycles. The first kappa shape index (κ1) is 13.5. The zero-order valence-electron chi connectivity index (χ0n) is 9.05. The minimum absolute atomic E-state index is 0.0276. The Balaban J connectivity index is 2.31. The minimum atomic E-state index is -4.68. The number of rotatable bonds is 1. The van der Waals surface area contributed by atoms with Gasteiger partial charge in [0.15, 0.2) is 0 Å². The normalized spacial score (nSPS) is 16.3. The molecule has 0 aliphatic carbocycles. The third-order valence-corrected chi connectivity index (χ3v) is 2.31. The topological polar surface area (TPSA) is 38.1 Å². The fourth-order valence-electron chi connectivity index (χ4n) is 1.44.